The summed E-state index contributed by atoms with van der Waals surface area (Å²) in [6.07, 6.45) is 9.56. The summed E-state index contributed by atoms with van der Waals surface area (Å²) in [6, 6.07) is 8.72. The Labute approximate surface area is 251 Å². The lowest BCUT2D eigenvalue weighted by atomic mass is 10.00. The van der Waals surface area contributed by atoms with Crippen LogP contribution in [0.2, 0.25) is 0 Å². The van der Waals surface area contributed by atoms with Gasteiger partial charge in [-0.15, -0.1) is 13.2 Å². The molecule has 1 aromatic rings. The zero-order valence-electron chi connectivity index (χ0n) is 25.2. The topological polar surface area (TPSA) is 107 Å². The molecule has 2 saturated heterocycles. The normalized spacial score (nSPS) is 21.5. The molecular formula is C33H50N2O7. The summed E-state index contributed by atoms with van der Waals surface area (Å²) in [5.41, 5.74) is 0.942. The lowest BCUT2D eigenvalue weighted by molar-refractivity contribution is -0.0907. The molecule has 0 aliphatic carbocycles. The highest BCUT2D eigenvalue weighted by atomic mass is 16.7. The minimum atomic E-state index is -1.07. The SMILES string of the molecule is C=CCCCCCCCOC(=O)N(C[C@@H](O)[C@H](Cc1ccccc1)NC(=O)O[C@H]1CO[C@H]2OCC[C@H]21)C(C)CCC=C. The zero-order chi connectivity index (χ0) is 30.2. The van der Waals surface area contributed by atoms with Crippen LogP contribution in [-0.2, 0) is 25.4 Å². The van der Waals surface area contributed by atoms with Crippen molar-refractivity contribution >= 4 is 12.2 Å². The summed E-state index contributed by atoms with van der Waals surface area (Å²) in [6.45, 7) is 10.7. The highest BCUT2D eigenvalue weighted by molar-refractivity contribution is 5.69. The third kappa shape index (κ3) is 11.1. The van der Waals surface area contributed by atoms with Gasteiger partial charge in [0.1, 0.15) is 6.10 Å². The molecule has 2 heterocycles. The van der Waals surface area contributed by atoms with E-state index in [9.17, 15) is 14.7 Å². The number of alkyl carbamates (subject to hydrolysis) is 1. The van der Waals surface area contributed by atoms with Crippen molar-refractivity contribution in [3.05, 3.63) is 61.2 Å². The van der Waals surface area contributed by atoms with E-state index in [1.807, 2.05) is 49.4 Å². The number of benzene rings is 1. The summed E-state index contributed by atoms with van der Waals surface area (Å²) in [7, 11) is 0. The van der Waals surface area contributed by atoms with Crippen LogP contribution in [0, 0.1) is 5.92 Å². The number of carbonyl (C=O) groups is 2. The van der Waals surface area contributed by atoms with Crippen molar-refractivity contribution in [2.24, 2.45) is 5.92 Å². The number of ether oxygens (including phenoxy) is 4. The van der Waals surface area contributed by atoms with Crippen LogP contribution in [0.5, 0.6) is 0 Å². The van der Waals surface area contributed by atoms with E-state index in [1.165, 1.54) is 0 Å². The molecule has 234 valence electrons. The number of carbonyl (C=O) groups excluding carboxylic acids is 2. The highest BCUT2D eigenvalue weighted by Crippen LogP contribution is 2.33. The predicted molar refractivity (Wildman–Crippen MR) is 162 cm³/mol. The summed E-state index contributed by atoms with van der Waals surface area (Å²) >= 11 is 0. The second-order valence-corrected chi connectivity index (χ2v) is 11.3. The number of hydrogen-bond acceptors (Lipinski definition) is 7. The summed E-state index contributed by atoms with van der Waals surface area (Å²) in [5.74, 6) is 0.0105. The average molecular weight is 587 g/mol. The fraction of sp³-hybridized carbons (Fsp3) is 0.636. The number of allylic oxidation sites excluding steroid dienone is 2. The Kier molecular flexibility index (Phi) is 14.9. The van der Waals surface area contributed by atoms with Crippen molar-refractivity contribution in [2.45, 2.75) is 102 Å². The molecule has 2 fully saturated rings. The van der Waals surface area contributed by atoms with Crippen LogP contribution >= 0.6 is 0 Å². The molecule has 1 unspecified atom stereocenters. The molecule has 0 aromatic heterocycles. The number of nitrogens with zero attached hydrogens (tertiary/aromatic N) is 1. The van der Waals surface area contributed by atoms with Gasteiger partial charge in [-0.05, 0) is 57.4 Å². The van der Waals surface area contributed by atoms with E-state index in [4.69, 9.17) is 18.9 Å². The predicted octanol–water partition coefficient (Wildman–Crippen LogP) is 5.77. The highest BCUT2D eigenvalue weighted by Gasteiger charge is 2.44. The Bertz CT molecular complexity index is 959. The smallest absolute Gasteiger partial charge is 0.410 e. The molecule has 9 nitrogen and oxygen atoms in total. The maximum absolute atomic E-state index is 13.2. The molecule has 9 heteroatoms. The van der Waals surface area contributed by atoms with E-state index < -0.39 is 30.4 Å². The fourth-order valence-electron chi connectivity index (χ4n) is 5.46. The van der Waals surface area contributed by atoms with Gasteiger partial charge in [0.05, 0.1) is 44.4 Å². The summed E-state index contributed by atoms with van der Waals surface area (Å²) < 4.78 is 22.5. The second kappa shape index (κ2) is 18.6. The zero-order valence-corrected chi connectivity index (χ0v) is 25.2. The Morgan fingerprint density at radius 1 is 1.10 bits per heavy atom. The number of aliphatic hydroxyl groups is 1. The molecule has 1 aromatic carbocycles. The summed E-state index contributed by atoms with van der Waals surface area (Å²) in [4.78, 5) is 27.8. The van der Waals surface area contributed by atoms with Crippen molar-refractivity contribution in [1.82, 2.24) is 10.2 Å². The van der Waals surface area contributed by atoms with Crippen LogP contribution in [-0.4, -0.2) is 79.1 Å². The number of amides is 2. The molecule has 2 N–H and O–H groups in total. The molecule has 2 amide bonds. The molecule has 0 bridgehead atoms. The van der Waals surface area contributed by atoms with Gasteiger partial charge >= 0.3 is 12.2 Å². The van der Waals surface area contributed by atoms with Gasteiger partial charge in [-0.2, -0.15) is 0 Å². The van der Waals surface area contributed by atoms with Crippen LogP contribution in [0.3, 0.4) is 0 Å². The number of rotatable bonds is 19. The Hall–Kier alpha value is -2.88. The minimum Gasteiger partial charge on any atom is -0.449 e. The van der Waals surface area contributed by atoms with Gasteiger partial charge in [0.15, 0.2) is 6.29 Å². The van der Waals surface area contributed by atoms with Crippen molar-refractivity contribution < 1.29 is 33.6 Å². The second-order valence-electron chi connectivity index (χ2n) is 11.3. The summed E-state index contributed by atoms with van der Waals surface area (Å²) in [5, 5.41) is 14.3. The third-order valence-electron chi connectivity index (χ3n) is 8.03. The maximum Gasteiger partial charge on any atom is 0.410 e. The van der Waals surface area contributed by atoms with E-state index in [0.717, 1.165) is 56.9 Å². The van der Waals surface area contributed by atoms with Crippen molar-refractivity contribution in [1.29, 1.82) is 0 Å². The molecule has 0 saturated carbocycles. The maximum atomic E-state index is 13.2. The Morgan fingerprint density at radius 2 is 1.83 bits per heavy atom. The van der Waals surface area contributed by atoms with Crippen LogP contribution in [0.25, 0.3) is 0 Å². The number of nitrogens with one attached hydrogen (secondary N) is 1. The number of fused-ring (bicyclic) bond motifs is 1. The van der Waals surface area contributed by atoms with Crippen LogP contribution in [0.15, 0.2) is 55.6 Å². The first-order valence-corrected chi connectivity index (χ1v) is 15.5. The van der Waals surface area contributed by atoms with Crippen molar-refractivity contribution in [3.63, 3.8) is 0 Å². The molecule has 42 heavy (non-hydrogen) atoms. The fourth-order valence-corrected chi connectivity index (χ4v) is 5.46. The van der Waals surface area contributed by atoms with Gasteiger partial charge in [0.2, 0.25) is 0 Å². The Morgan fingerprint density at radius 3 is 2.60 bits per heavy atom. The minimum absolute atomic E-state index is 0.00154. The van der Waals surface area contributed by atoms with Crippen LogP contribution in [0.4, 0.5) is 9.59 Å². The quantitative estimate of drug-likeness (QED) is 0.157. The van der Waals surface area contributed by atoms with E-state index in [1.54, 1.807) is 4.90 Å². The first-order chi connectivity index (χ1) is 20.4. The third-order valence-corrected chi connectivity index (χ3v) is 8.03. The first kappa shape index (κ1) is 33.6. The van der Waals surface area contributed by atoms with Crippen LogP contribution < -0.4 is 5.32 Å². The molecule has 3 rings (SSSR count). The molecule has 2 aliphatic rings. The van der Waals surface area contributed by atoms with E-state index in [0.29, 0.717) is 26.1 Å². The van der Waals surface area contributed by atoms with Gasteiger partial charge < -0.3 is 34.3 Å². The van der Waals surface area contributed by atoms with Crippen molar-refractivity contribution in [2.75, 3.05) is 26.4 Å². The van der Waals surface area contributed by atoms with Gasteiger partial charge in [-0.1, -0.05) is 61.7 Å². The van der Waals surface area contributed by atoms with Crippen molar-refractivity contribution in [3.8, 4) is 0 Å². The molecular weight excluding hydrogens is 536 g/mol. The first-order valence-electron chi connectivity index (χ1n) is 15.5. The number of aliphatic hydroxyl groups excluding tert-OH is 1. The standard InChI is InChI=1S/C33H50N2O7/c1-4-6-8-9-10-11-15-20-40-33(38)35(25(3)16-7-5-2)23-29(36)28(22-26-17-13-12-14-18-26)34-32(37)42-30-24-41-31-27(30)19-21-39-31/h4-5,12-14,17-18,25,27-31,36H,1-2,6-11,15-16,19-24H2,3H3,(H,34,37)/t25?,27-,28-,29+,30-,31+/m0/s1. The average Bonchev–Trinajstić information content (AvgIpc) is 3.61. The number of unbranched alkanes of at least 4 members (excludes halogenated alkanes) is 5. The van der Waals surface area contributed by atoms with E-state index in [-0.39, 0.29) is 31.4 Å². The Balaban J connectivity index is 1.61. The molecule has 6 atom stereocenters. The van der Waals surface area contributed by atoms with E-state index in [2.05, 4.69) is 18.5 Å². The largest absolute Gasteiger partial charge is 0.449 e. The van der Waals surface area contributed by atoms with Gasteiger partial charge in [-0.3, -0.25) is 0 Å². The van der Waals surface area contributed by atoms with E-state index >= 15 is 0 Å². The number of hydrogen-bond donors (Lipinski definition) is 2. The van der Waals surface area contributed by atoms with Crippen LogP contribution in [0.1, 0.15) is 70.3 Å². The molecule has 0 radical (unpaired) electrons. The lowest BCUT2D eigenvalue weighted by Crippen LogP contribution is -2.53. The monoisotopic (exact) mass is 586 g/mol. The van der Waals surface area contributed by atoms with Gasteiger partial charge in [0.25, 0.3) is 0 Å². The lowest BCUT2D eigenvalue weighted by Gasteiger charge is -2.33. The molecule has 0 spiro atoms. The molecule has 2 aliphatic heterocycles. The van der Waals surface area contributed by atoms with Gasteiger partial charge in [-0.25, -0.2) is 9.59 Å². The van der Waals surface area contributed by atoms with Gasteiger partial charge in [0, 0.05) is 6.04 Å².